The number of aryl methyl sites for hydroxylation is 1. The van der Waals surface area contributed by atoms with Gasteiger partial charge >= 0.3 is 0 Å². The van der Waals surface area contributed by atoms with Crippen LogP contribution in [0.1, 0.15) is 21.5 Å². The second-order valence-corrected chi connectivity index (χ2v) is 5.18. The monoisotopic (exact) mass is 333 g/mol. The molecule has 0 heterocycles. The number of nitrogens with one attached hydrogen (secondary N) is 1. The minimum absolute atomic E-state index is 0.269. The van der Waals surface area contributed by atoms with Gasteiger partial charge in [-0.25, -0.2) is 4.39 Å². The molecule has 0 radical (unpaired) electrons. The molecule has 6 heteroatoms. The van der Waals surface area contributed by atoms with Gasteiger partial charge in [0.2, 0.25) is 5.75 Å². The molecule has 0 bridgehead atoms. The maximum atomic E-state index is 13.3. The summed E-state index contributed by atoms with van der Waals surface area (Å²) in [4.78, 5) is 12.4. The molecule has 2 rings (SSSR count). The fourth-order valence-electron chi connectivity index (χ4n) is 2.31. The third-order valence-corrected chi connectivity index (χ3v) is 3.60. The Kier molecular flexibility index (Phi) is 5.63. The third kappa shape index (κ3) is 3.76. The lowest BCUT2D eigenvalue weighted by molar-refractivity contribution is 0.0950. The Bertz CT molecular complexity index is 721. The number of rotatable bonds is 6. The number of benzene rings is 2. The fraction of sp³-hybridized carbons (Fsp3) is 0.278. The van der Waals surface area contributed by atoms with E-state index in [-0.39, 0.29) is 18.3 Å². The molecule has 0 aliphatic heterocycles. The van der Waals surface area contributed by atoms with Crippen LogP contribution in [0.15, 0.2) is 30.3 Å². The quantitative estimate of drug-likeness (QED) is 0.883. The van der Waals surface area contributed by atoms with Crippen LogP contribution < -0.4 is 19.5 Å². The van der Waals surface area contributed by atoms with Gasteiger partial charge in [0, 0.05) is 12.1 Å². The van der Waals surface area contributed by atoms with Crippen molar-refractivity contribution in [3.63, 3.8) is 0 Å². The molecule has 24 heavy (non-hydrogen) atoms. The molecule has 1 amide bonds. The number of hydrogen-bond donors (Lipinski definition) is 1. The van der Waals surface area contributed by atoms with E-state index in [0.29, 0.717) is 28.4 Å². The summed E-state index contributed by atoms with van der Waals surface area (Å²) in [6, 6.07) is 7.87. The summed E-state index contributed by atoms with van der Waals surface area (Å²) in [6.07, 6.45) is 0. The Labute approximate surface area is 140 Å². The topological polar surface area (TPSA) is 56.8 Å². The van der Waals surface area contributed by atoms with E-state index in [0.717, 1.165) is 5.56 Å². The van der Waals surface area contributed by atoms with Crippen molar-refractivity contribution in [2.75, 3.05) is 21.3 Å². The lowest BCUT2D eigenvalue weighted by Crippen LogP contribution is -2.23. The molecule has 0 unspecified atom stereocenters. The van der Waals surface area contributed by atoms with Crippen LogP contribution in [0.2, 0.25) is 0 Å². The standard InChI is InChI=1S/C18H20FNO4/c1-11-7-12(5-6-14(11)19)10-20-18(21)13-8-15(22-2)17(24-4)16(9-13)23-3/h5-9H,10H2,1-4H3,(H,20,21). The maximum Gasteiger partial charge on any atom is 0.251 e. The zero-order valence-corrected chi connectivity index (χ0v) is 14.1. The normalized spacial score (nSPS) is 10.2. The molecule has 5 nitrogen and oxygen atoms in total. The van der Waals surface area contributed by atoms with Crippen molar-refractivity contribution in [3.05, 3.63) is 52.8 Å². The van der Waals surface area contributed by atoms with Gasteiger partial charge in [-0.15, -0.1) is 0 Å². The second-order valence-electron chi connectivity index (χ2n) is 5.18. The van der Waals surface area contributed by atoms with Gasteiger partial charge in [0.05, 0.1) is 21.3 Å². The number of amides is 1. The molecule has 0 aromatic heterocycles. The first-order chi connectivity index (χ1) is 11.5. The molecule has 0 spiro atoms. The van der Waals surface area contributed by atoms with Gasteiger partial charge < -0.3 is 19.5 Å². The van der Waals surface area contributed by atoms with E-state index >= 15 is 0 Å². The largest absolute Gasteiger partial charge is 0.493 e. The third-order valence-electron chi connectivity index (χ3n) is 3.60. The van der Waals surface area contributed by atoms with E-state index < -0.39 is 0 Å². The van der Waals surface area contributed by atoms with Crippen LogP contribution in [0.5, 0.6) is 17.2 Å². The molecule has 128 valence electrons. The van der Waals surface area contributed by atoms with Crippen molar-refractivity contribution in [3.8, 4) is 17.2 Å². The number of carbonyl (C=O) groups is 1. The summed E-state index contributed by atoms with van der Waals surface area (Å²) >= 11 is 0. The van der Waals surface area contributed by atoms with Gasteiger partial charge in [-0.05, 0) is 36.2 Å². The fourth-order valence-corrected chi connectivity index (χ4v) is 2.31. The first-order valence-electron chi connectivity index (χ1n) is 7.33. The number of ether oxygens (including phenoxy) is 3. The van der Waals surface area contributed by atoms with Crippen LogP contribution in [0.4, 0.5) is 4.39 Å². The van der Waals surface area contributed by atoms with Gasteiger partial charge in [0.25, 0.3) is 5.91 Å². The Hall–Kier alpha value is -2.76. The smallest absolute Gasteiger partial charge is 0.251 e. The van der Waals surface area contributed by atoms with Gasteiger partial charge in [-0.3, -0.25) is 4.79 Å². The summed E-state index contributed by atoms with van der Waals surface area (Å²) < 4.78 is 29.0. The number of hydrogen-bond acceptors (Lipinski definition) is 4. The predicted molar refractivity (Wildman–Crippen MR) is 88.4 cm³/mol. The van der Waals surface area contributed by atoms with Crippen molar-refractivity contribution in [2.24, 2.45) is 0 Å². The Morgan fingerprint density at radius 3 is 2.17 bits per heavy atom. The average Bonchev–Trinajstić information content (AvgIpc) is 2.60. The SMILES string of the molecule is COc1cc(C(=O)NCc2ccc(F)c(C)c2)cc(OC)c1OC. The Morgan fingerprint density at radius 2 is 1.67 bits per heavy atom. The summed E-state index contributed by atoms with van der Waals surface area (Å²) in [7, 11) is 4.47. The van der Waals surface area contributed by atoms with E-state index in [4.69, 9.17) is 14.2 Å². The molecule has 0 fully saturated rings. The molecule has 2 aromatic rings. The van der Waals surface area contributed by atoms with Crippen LogP contribution >= 0.6 is 0 Å². The minimum Gasteiger partial charge on any atom is -0.493 e. The molecule has 1 N–H and O–H groups in total. The zero-order chi connectivity index (χ0) is 17.7. The molecule has 0 atom stereocenters. The molecule has 0 saturated carbocycles. The Balaban J connectivity index is 2.18. The number of halogens is 1. The summed E-state index contributed by atoms with van der Waals surface area (Å²) in [5.74, 6) is 0.663. The molecule has 2 aromatic carbocycles. The van der Waals surface area contributed by atoms with E-state index in [1.54, 1.807) is 31.2 Å². The highest BCUT2D eigenvalue weighted by atomic mass is 19.1. The Morgan fingerprint density at radius 1 is 1.04 bits per heavy atom. The summed E-state index contributed by atoms with van der Waals surface area (Å²) in [6.45, 7) is 1.97. The molecule has 0 saturated heterocycles. The van der Waals surface area contributed by atoms with E-state index in [9.17, 15) is 9.18 Å². The van der Waals surface area contributed by atoms with Crippen molar-refractivity contribution in [1.29, 1.82) is 0 Å². The van der Waals surface area contributed by atoms with E-state index in [1.807, 2.05) is 0 Å². The highest BCUT2D eigenvalue weighted by molar-refractivity contribution is 5.95. The lowest BCUT2D eigenvalue weighted by Gasteiger charge is -2.14. The highest BCUT2D eigenvalue weighted by Crippen LogP contribution is 2.38. The van der Waals surface area contributed by atoms with Crippen LogP contribution in [0.25, 0.3) is 0 Å². The predicted octanol–water partition coefficient (Wildman–Crippen LogP) is 3.09. The number of carbonyl (C=O) groups excluding carboxylic acids is 1. The van der Waals surface area contributed by atoms with Crippen molar-refractivity contribution in [1.82, 2.24) is 5.32 Å². The maximum absolute atomic E-state index is 13.3. The van der Waals surface area contributed by atoms with E-state index in [2.05, 4.69) is 5.32 Å². The van der Waals surface area contributed by atoms with Gasteiger partial charge in [0.1, 0.15) is 5.82 Å². The van der Waals surface area contributed by atoms with Gasteiger partial charge in [-0.1, -0.05) is 12.1 Å². The highest BCUT2D eigenvalue weighted by Gasteiger charge is 2.16. The van der Waals surface area contributed by atoms with Gasteiger partial charge in [-0.2, -0.15) is 0 Å². The van der Waals surface area contributed by atoms with Crippen molar-refractivity contribution < 1.29 is 23.4 Å². The second kappa shape index (κ2) is 7.68. The van der Waals surface area contributed by atoms with Gasteiger partial charge in [0.15, 0.2) is 11.5 Å². The zero-order valence-electron chi connectivity index (χ0n) is 14.1. The van der Waals surface area contributed by atoms with Crippen LogP contribution in [-0.4, -0.2) is 27.2 Å². The average molecular weight is 333 g/mol. The van der Waals surface area contributed by atoms with Crippen molar-refractivity contribution >= 4 is 5.91 Å². The summed E-state index contributed by atoms with van der Waals surface area (Å²) in [5.41, 5.74) is 1.73. The van der Waals surface area contributed by atoms with Crippen LogP contribution in [-0.2, 0) is 6.54 Å². The molecule has 0 aliphatic rings. The summed E-state index contributed by atoms with van der Waals surface area (Å²) in [5, 5.41) is 2.79. The number of methoxy groups -OCH3 is 3. The minimum atomic E-state index is -0.295. The van der Waals surface area contributed by atoms with Crippen LogP contribution in [0, 0.1) is 12.7 Å². The first-order valence-corrected chi connectivity index (χ1v) is 7.33. The molecule has 0 aliphatic carbocycles. The van der Waals surface area contributed by atoms with Crippen molar-refractivity contribution in [2.45, 2.75) is 13.5 Å². The first kappa shape index (κ1) is 17.6. The molecular weight excluding hydrogens is 313 g/mol. The lowest BCUT2D eigenvalue weighted by atomic mass is 10.1. The molecular formula is C18H20FNO4. The van der Waals surface area contributed by atoms with Crippen LogP contribution in [0.3, 0.4) is 0 Å². The van der Waals surface area contributed by atoms with E-state index in [1.165, 1.54) is 27.4 Å².